The lowest BCUT2D eigenvalue weighted by molar-refractivity contribution is -0.154. The zero-order valence-corrected chi connectivity index (χ0v) is 28.8. The van der Waals surface area contributed by atoms with Gasteiger partial charge in [0.15, 0.2) is 6.10 Å². The molecule has 0 aliphatic rings. The van der Waals surface area contributed by atoms with Crippen LogP contribution in [0.5, 0.6) is 0 Å². The molecule has 0 spiro atoms. The Morgan fingerprint density at radius 3 is 1.40 bits per heavy atom. The number of thiocarbonyl (C=S) groups is 1. The molecular formula is C35H64O7S. The van der Waals surface area contributed by atoms with Crippen LogP contribution in [0.25, 0.3) is 0 Å². The van der Waals surface area contributed by atoms with E-state index < -0.39 is 30.4 Å². The SMILES string of the molecule is CCCCCCCCCCCCCOCC(OC(=O)CC)C(=S)OC(=O)CC(=O)OCCCCCCCCCCCCC. The number of unbranched alkanes of at least 4 members (excludes halogenated alkanes) is 20. The third-order valence-electron chi connectivity index (χ3n) is 7.50. The number of hydrogen-bond donors (Lipinski definition) is 0. The fourth-order valence-corrected chi connectivity index (χ4v) is 5.00. The van der Waals surface area contributed by atoms with Crippen molar-refractivity contribution in [2.24, 2.45) is 0 Å². The van der Waals surface area contributed by atoms with Crippen molar-refractivity contribution in [3.05, 3.63) is 0 Å². The maximum absolute atomic E-state index is 12.2. The van der Waals surface area contributed by atoms with Gasteiger partial charge in [-0.05, 0) is 25.1 Å². The summed E-state index contributed by atoms with van der Waals surface area (Å²) in [6.45, 7) is 6.97. The molecule has 252 valence electrons. The summed E-state index contributed by atoms with van der Waals surface area (Å²) in [5.41, 5.74) is 0. The minimum absolute atomic E-state index is 0.0128. The predicted molar refractivity (Wildman–Crippen MR) is 178 cm³/mol. The van der Waals surface area contributed by atoms with Gasteiger partial charge in [0.25, 0.3) is 0 Å². The van der Waals surface area contributed by atoms with Gasteiger partial charge in [-0.1, -0.05) is 149 Å². The topological polar surface area (TPSA) is 88.1 Å². The Hall–Kier alpha value is -1.54. The monoisotopic (exact) mass is 628 g/mol. The second-order valence-corrected chi connectivity index (χ2v) is 12.1. The van der Waals surface area contributed by atoms with Gasteiger partial charge in [-0.2, -0.15) is 0 Å². The fourth-order valence-electron chi connectivity index (χ4n) is 4.79. The van der Waals surface area contributed by atoms with Gasteiger partial charge in [0, 0.05) is 13.0 Å². The third kappa shape index (κ3) is 29.0. The Balaban J connectivity index is 4.01. The molecule has 0 radical (unpaired) electrons. The van der Waals surface area contributed by atoms with Crippen molar-refractivity contribution in [2.45, 2.75) is 181 Å². The van der Waals surface area contributed by atoms with E-state index in [2.05, 4.69) is 13.8 Å². The highest BCUT2D eigenvalue weighted by Crippen LogP contribution is 2.13. The summed E-state index contributed by atoms with van der Waals surface area (Å²) in [5, 5.41) is -0.205. The summed E-state index contributed by atoms with van der Waals surface area (Å²) in [6, 6.07) is 0. The van der Waals surface area contributed by atoms with Gasteiger partial charge in [0.2, 0.25) is 5.05 Å². The molecule has 0 saturated heterocycles. The highest BCUT2D eigenvalue weighted by Gasteiger charge is 2.24. The van der Waals surface area contributed by atoms with Crippen molar-refractivity contribution in [2.75, 3.05) is 19.8 Å². The first kappa shape index (κ1) is 41.5. The van der Waals surface area contributed by atoms with Crippen molar-refractivity contribution in [3.8, 4) is 0 Å². The molecule has 0 aromatic carbocycles. The molecule has 8 heteroatoms. The van der Waals surface area contributed by atoms with Crippen LogP contribution in [0.4, 0.5) is 0 Å². The average Bonchev–Trinajstić information content (AvgIpc) is 2.99. The van der Waals surface area contributed by atoms with Crippen LogP contribution in [0.2, 0.25) is 0 Å². The highest BCUT2D eigenvalue weighted by molar-refractivity contribution is 7.80. The number of rotatable bonds is 31. The molecule has 7 nitrogen and oxygen atoms in total. The third-order valence-corrected chi connectivity index (χ3v) is 7.85. The van der Waals surface area contributed by atoms with Crippen molar-refractivity contribution in [1.82, 2.24) is 0 Å². The number of carbonyl (C=O) groups is 3. The van der Waals surface area contributed by atoms with Gasteiger partial charge >= 0.3 is 17.9 Å². The number of ether oxygens (including phenoxy) is 4. The molecule has 1 atom stereocenters. The molecule has 43 heavy (non-hydrogen) atoms. The van der Waals surface area contributed by atoms with Gasteiger partial charge in [0.1, 0.15) is 6.42 Å². The normalized spacial score (nSPS) is 11.7. The minimum Gasteiger partial charge on any atom is -0.465 e. The first-order valence-electron chi connectivity index (χ1n) is 17.6. The summed E-state index contributed by atoms with van der Waals surface area (Å²) in [4.78, 5) is 36.1. The Morgan fingerprint density at radius 2 is 0.953 bits per heavy atom. The molecule has 0 aliphatic heterocycles. The van der Waals surface area contributed by atoms with Crippen molar-refractivity contribution in [1.29, 1.82) is 0 Å². The molecule has 1 unspecified atom stereocenters. The predicted octanol–water partition coefficient (Wildman–Crippen LogP) is 9.75. The van der Waals surface area contributed by atoms with Crippen LogP contribution >= 0.6 is 12.2 Å². The maximum Gasteiger partial charge on any atom is 0.323 e. The molecule has 0 saturated carbocycles. The highest BCUT2D eigenvalue weighted by atomic mass is 32.1. The van der Waals surface area contributed by atoms with E-state index in [9.17, 15) is 14.4 Å². The Kier molecular flexibility index (Phi) is 30.7. The summed E-state index contributed by atoms with van der Waals surface area (Å²) in [6.07, 6.45) is 25.7. The van der Waals surface area contributed by atoms with Crippen LogP contribution in [0.3, 0.4) is 0 Å². The van der Waals surface area contributed by atoms with E-state index in [0.29, 0.717) is 6.61 Å². The molecular weight excluding hydrogens is 564 g/mol. The Bertz CT molecular complexity index is 698. The van der Waals surface area contributed by atoms with E-state index in [4.69, 9.17) is 31.2 Å². The van der Waals surface area contributed by atoms with E-state index >= 15 is 0 Å². The molecule has 0 N–H and O–H groups in total. The maximum atomic E-state index is 12.2. The molecule has 0 aliphatic carbocycles. The first-order chi connectivity index (χ1) is 20.9. The Morgan fingerprint density at radius 1 is 0.535 bits per heavy atom. The molecule has 0 aromatic heterocycles. The second kappa shape index (κ2) is 31.9. The van der Waals surface area contributed by atoms with Gasteiger partial charge < -0.3 is 18.9 Å². The smallest absolute Gasteiger partial charge is 0.323 e. The van der Waals surface area contributed by atoms with E-state index in [1.807, 2.05) is 0 Å². The van der Waals surface area contributed by atoms with Gasteiger partial charge in [-0.3, -0.25) is 14.4 Å². The summed E-state index contributed by atoms with van der Waals surface area (Å²) in [5.74, 6) is -1.93. The lowest BCUT2D eigenvalue weighted by Gasteiger charge is -2.18. The average molecular weight is 629 g/mol. The fraction of sp³-hybridized carbons (Fsp3) is 0.886. The number of esters is 3. The van der Waals surface area contributed by atoms with E-state index in [1.54, 1.807) is 6.92 Å². The van der Waals surface area contributed by atoms with Crippen LogP contribution in [-0.2, 0) is 33.3 Å². The lowest BCUT2D eigenvalue weighted by Crippen LogP contribution is -2.34. The zero-order valence-electron chi connectivity index (χ0n) is 27.9. The molecule has 0 bridgehead atoms. The molecule has 0 amide bonds. The van der Waals surface area contributed by atoms with Gasteiger partial charge in [-0.25, -0.2) is 0 Å². The van der Waals surface area contributed by atoms with Crippen LogP contribution in [-0.4, -0.2) is 48.9 Å². The molecule has 0 heterocycles. The van der Waals surface area contributed by atoms with E-state index in [1.165, 1.54) is 109 Å². The molecule has 0 rings (SSSR count). The molecule has 0 aromatic rings. The van der Waals surface area contributed by atoms with Gasteiger partial charge in [0.05, 0.1) is 13.2 Å². The zero-order chi connectivity index (χ0) is 31.8. The van der Waals surface area contributed by atoms with E-state index in [0.717, 1.165) is 32.1 Å². The lowest BCUT2D eigenvalue weighted by atomic mass is 10.1. The quantitative estimate of drug-likeness (QED) is 0.0246. The first-order valence-corrected chi connectivity index (χ1v) is 18.0. The number of hydrogen-bond acceptors (Lipinski definition) is 8. The van der Waals surface area contributed by atoms with Gasteiger partial charge in [-0.15, -0.1) is 0 Å². The van der Waals surface area contributed by atoms with Crippen LogP contribution in [0.15, 0.2) is 0 Å². The summed E-state index contributed by atoms with van der Waals surface area (Å²) >= 11 is 5.20. The van der Waals surface area contributed by atoms with Crippen molar-refractivity contribution in [3.63, 3.8) is 0 Å². The minimum atomic E-state index is -0.980. The van der Waals surface area contributed by atoms with Crippen molar-refractivity contribution >= 4 is 35.2 Å². The largest absolute Gasteiger partial charge is 0.465 e. The number of carbonyl (C=O) groups excluding carboxylic acids is 3. The summed E-state index contributed by atoms with van der Waals surface area (Å²) in [7, 11) is 0. The molecule has 0 fully saturated rings. The second-order valence-electron chi connectivity index (χ2n) is 11.7. The van der Waals surface area contributed by atoms with Crippen molar-refractivity contribution < 1.29 is 33.3 Å². The standard InChI is InChI=1S/C35H64O7S/c1-4-7-9-11-13-15-17-19-21-23-25-27-39-30-31(41-32(36)6-3)35(43)42-34(38)29-33(37)40-28-26-24-22-20-18-16-14-12-10-8-5-2/h31H,4-30H2,1-3H3. The Labute approximate surface area is 268 Å². The van der Waals surface area contributed by atoms with Crippen LogP contribution < -0.4 is 0 Å². The van der Waals surface area contributed by atoms with Crippen LogP contribution in [0.1, 0.15) is 175 Å². The van der Waals surface area contributed by atoms with Crippen LogP contribution in [0, 0.1) is 0 Å². The van der Waals surface area contributed by atoms with E-state index in [-0.39, 0.29) is 24.7 Å². The summed E-state index contributed by atoms with van der Waals surface area (Å²) < 4.78 is 21.3.